The topological polar surface area (TPSA) is 75.6 Å². The van der Waals surface area contributed by atoms with Crippen LogP contribution in [0.3, 0.4) is 0 Å². The molecule has 80 valence electrons. The Bertz CT molecular complexity index is 225. The first-order valence-electron chi connectivity index (χ1n) is 4.70. The Hall–Kier alpha value is -1.26. The van der Waals surface area contributed by atoms with Gasteiger partial charge in [-0.05, 0) is 12.3 Å². The molecule has 1 rings (SSSR count). The minimum atomic E-state index is -0.998. The summed E-state index contributed by atoms with van der Waals surface area (Å²) in [5, 5.41) is 11.1. The van der Waals surface area contributed by atoms with Crippen molar-refractivity contribution < 1.29 is 19.4 Å². The molecule has 1 aliphatic carbocycles. The lowest BCUT2D eigenvalue weighted by atomic mass is 9.81. The van der Waals surface area contributed by atoms with E-state index >= 15 is 0 Å². The first-order chi connectivity index (χ1) is 6.63. The number of carboxylic acids is 1. The van der Waals surface area contributed by atoms with Crippen LogP contribution in [0.2, 0.25) is 0 Å². The summed E-state index contributed by atoms with van der Waals surface area (Å²) < 4.78 is 4.35. The fourth-order valence-corrected chi connectivity index (χ4v) is 1.48. The van der Waals surface area contributed by atoms with Crippen molar-refractivity contribution in [3.63, 3.8) is 0 Å². The monoisotopic (exact) mass is 201 g/mol. The van der Waals surface area contributed by atoms with E-state index in [1.54, 1.807) is 0 Å². The highest BCUT2D eigenvalue weighted by molar-refractivity contribution is 5.79. The van der Waals surface area contributed by atoms with Crippen molar-refractivity contribution >= 4 is 12.1 Å². The highest BCUT2D eigenvalue weighted by Crippen LogP contribution is 2.30. The van der Waals surface area contributed by atoms with Gasteiger partial charge in [-0.2, -0.15) is 0 Å². The summed E-state index contributed by atoms with van der Waals surface area (Å²) in [6.07, 6.45) is 3.11. The van der Waals surface area contributed by atoms with Gasteiger partial charge in [-0.1, -0.05) is 19.3 Å². The van der Waals surface area contributed by atoms with Gasteiger partial charge in [-0.3, -0.25) is 0 Å². The zero-order valence-electron chi connectivity index (χ0n) is 8.16. The number of aliphatic carboxylic acids is 1. The minimum Gasteiger partial charge on any atom is -0.480 e. The van der Waals surface area contributed by atoms with Gasteiger partial charge in [0.15, 0.2) is 0 Å². The van der Waals surface area contributed by atoms with Crippen LogP contribution in [0.15, 0.2) is 0 Å². The molecule has 1 amide bonds. The largest absolute Gasteiger partial charge is 0.480 e. The maximum Gasteiger partial charge on any atom is 0.407 e. The molecular formula is C9H15NO4. The average molecular weight is 201 g/mol. The van der Waals surface area contributed by atoms with Crippen LogP contribution in [0, 0.1) is 5.92 Å². The van der Waals surface area contributed by atoms with Crippen molar-refractivity contribution in [2.45, 2.75) is 31.7 Å². The van der Waals surface area contributed by atoms with E-state index in [1.807, 2.05) is 0 Å². The van der Waals surface area contributed by atoms with E-state index in [0.717, 1.165) is 19.3 Å². The Morgan fingerprint density at radius 3 is 2.57 bits per heavy atom. The molecule has 0 aliphatic heterocycles. The van der Waals surface area contributed by atoms with Crippen LogP contribution in [0.5, 0.6) is 0 Å². The highest BCUT2D eigenvalue weighted by Gasteiger charge is 2.27. The van der Waals surface area contributed by atoms with Crippen molar-refractivity contribution in [2.75, 3.05) is 7.11 Å². The molecule has 0 aromatic carbocycles. The molecule has 1 aliphatic rings. The molecule has 5 heteroatoms. The van der Waals surface area contributed by atoms with E-state index in [4.69, 9.17) is 5.11 Å². The standard InChI is InChI=1S/C9H15NO4/c1-14-9(13)10-7(8(11)12)5-6-3-2-4-6/h6-7H,2-5H2,1H3,(H,10,13)(H,11,12). The normalized spacial score (nSPS) is 18.1. The van der Waals surface area contributed by atoms with Crippen LogP contribution in [0.25, 0.3) is 0 Å². The summed E-state index contributed by atoms with van der Waals surface area (Å²) in [5.74, 6) is -0.560. The number of alkyl carbamates (subject to hydrolysis) is 1. The number of carbonyl (C=O) groups excluding carboxylic acids is 1. The molecule has 0 heterocycles. The van der Waals surface area contributed by atoms with Gasteiger partial charge >= 0.3 is 12.1 Å². The molecule has 0 saturated heterocycles. The van der Waals surface area contributed by atoms with E-state index in [2.05, 4.69) is 10.1 Å². The maximum atomic E-state index is 10.8. The predicted molar refractivity (Wildman–Crippen MR) is 48.9 cm³/mol. The number of rotatable bonds is 4. The Morgan fingerprint density at radius 1 is 1.57 bits per heavy atom. The Morgan fingerprint density at radius 2 is 2.21 bits per heavy atom. The Kier molecular flexibility index (Phi) is 3.73. The molecule has 1 saturated carbocycles. The fourth-order valence-electron chi connectivity index (χ4n) is 1.48. The van der Waals surface area contributed by atoms with Gasteiger partial charge in [0.2, 0.25) is 0 Å². The third kappa shape index (κ3) is 2.90. The third-order valence-electron chi connectivity index (χ3n) is 2.57. The van der Waals surface area contributed by atoms with Crippen LogP contribution in [0.1, 0.15) is 25.7 Å². The summed E-state index contributed by atoms with van der Waals surface area (Å²) in [6, 6.07) is -0.812. The van der Waals surface area contributed by atoms with Gasteiger partial charge in [-0.15, -0.1) is 0 Å². The predicted octanol–water partition coefficient (Wildman–Crippen LogP) is 0.986. The first-order valence-corrected chi connectivity index (χ1v) is 4.70. The van der Waals surface area contributed by atoms with Crippen molar-refractivity contribution in [1.82, 2.24) is 5.32 Å². The van der Waals surface area contributed by atoms with Crippen molar-refractivity contribution in [3.8, 4) is 0 Å². The second-order valence-corrected chi connectivity index (χ2v) is 3.56. The van der Waals surface area contributed by atoms with E-state index in [-0.39, 0.29) is 0 Å². The molecule has 14 heavy (non-hydrogen) atoms. The van der Waals surface area contributed by atoms with Crippen molar-refractivity contribution in [1.29, 1.82) is 0 Å². The summed E-state index contributed by atoms with van der Waals surface area (Å²) in [5.41, 5.74) is 0. The van der Waals surface area contributed by atoms with Crippen LogP contribution in [0.4, 0.5) is 4.79 Å². The molecule has 0 aromatic heterocycles. The number of amides is 1. The second kappa shape index (κ2) is 4.83. The fraction of sp³-hybridized carbons (Fsp3) is 0.778. The average Bonchev–Trinajstić information content (AvgIpc) is 2.08. The number of carboxylic acid groups (broad SMARTS) is 1. The van der Waals surface area contributed by atoms with Crippen LogP contribution in [-0.4, -0.2) is 30.3 Å². The number of methoxy groups -OCH3 is 1. The number of carbonyl (C=O) groups is 2. The second-order valence-electron chi connectivity index (χ2n) is 3.56. The van der Waals surface area contributed by atoms with E-state index < -0.39 is 18.1 Å². The van der Waals surface area contributed by atoms with Crippen molar-refractivity contribution in [2.24, 2.45) is 5.92 Å². The molecule has 5 nitrogen and oxygen atoms in total. The molecule has 0 bridgehead atoms. The quantitative estimate of drug-likeness (QED) is 0.711. The lowest BCUT2D eigenvalue weighted by molar-refractivity contribution is -0.140. The van der Waals surface area contributed by atoms with Gasteiger partial charge < -0.3 is 15.2 Å². The van der Waals surface area contributed by atoms with E-state index in [9.17, 15) is 9.59 Å². The van der Waals surface area contributed by atoms with Crippen LogP contribution < -0.4 is 5.32 Å². The van der Waals surface area contributed by atoms with E-state index in [0.29, 0.717) is 12.3 Å². The highest BCUT2D eigenvalue weighted by atomic mass is 16.5. The molecule has 2 N–H and O–H groups in total. The molecular weight excluding hydrogens is 186 g/mol. The third-order valence-corrected chi connectivity index (χ3v) is 2.57. The summed E-state index contributed by atoms with van der Waals surface area (Å²) in [6.45, 7) is 0. The van der Waals surface area contributed by atoms with Gasteiger partial charge in [0.1, 0.15) is 6.04 Å². The maximum absolute atomic E-state index is 10.8. The molecule has 0 spiro atoms. The van der Waals surface area contributed by atoms with Crippen LogP contribution in [-0.2, 0) is 9.53 Å². The zero-order chi connectivity index (χ0) is 10.6. The Balaban J connectivity index is 2.37. The summed E-state index contributed by atoms with van der Waals surface area (Å²) in [7, 11) is 1.22. The molecule has 1 atom stereocenters. The minimum absolute atomic E-state index is 0.438. The van der Waals surface area contributed by atoms with Gasteiger partial charge in [0.25, 0.3) is 0 Å². The number of hydrogen-bond donors (Lipinski definition) is 2. The molecule has 1 fully saturated rings. The SMILES string of the molecule is COC(=O)NC(CC1CCC1)C(=O)O. The zero-order valence-corrected chi connectivity index (χ0v) is 8.16. The smallest absolute Gasteiger partial charge is 0.407 e. The number of hydrogen-bond acceptors (Lipinski definition) is 3. The lowest BCUT2D eigenvalue weighted by Crippen LogP contribution is -2.42. The number of ether oxygens (including phenoxy) is 1. The van der Waals surface area contributed by atoms with Gasteiger partial charge in [0.05, 0.1) is 7.11 Å². The summed E-state index contributed by atoms with van der Waals surface area (Å²) >= 11 is 0. The van der Waals surface area contributed by atoms with Gasteiger partial charge in [0, 0.05) is 0 Å². The summed E-state index contributed by atoms with van der Waals surface area (Å²) in [4.78, 5) is 21.6. The first kappa shape index (κ1) is 10.8. The lowest BCUT2D eigenvalue weighted by Gasteiger charge is -2.27. The van der Waals surface area contributed by atoms with Crippen molar-refractivity contribution in [3.05, 3.63) is 0 Å². The van der Waals surface area contributed by atoms with Gasteiger partial charge in [-0.25, -0.2) is 9.59 Å². The number of nitrogens with one attached hydrogen (secondary N) is 1. The molecule has 0 aromatic rings. The Labute approximate surface area is 82.4 Å². The molecule has 0 radical (unpaired) electrons. The molecule has 1 unspecified atom stereocenters. The van der Waals surface area contributed by atoms with E-state index in [1.165, 1.54) is 7.11 Å². The van der Waals surface area contributed by atoms with Crippen LogP contribution >= 0.6 is 0 Å².